The first-order chi connectivity index (χ1) is 14.1. The van der Waals surface area contributed by atoms with Gasteiger partial charge in [-0.05, 0) is 61.6 Å². The van der Waals surface area contributed by atoms with Crippen molar-refractivity contribution in [2.24, 2.45) is 0 Å². The highest BCUT2D eigenvalue weighted by Gasteiger charge is 2.21. The number of nitrogens with one attached hydrogen (secondary N) is 1. The number of amides is 1. The van der Waals surface area contributed by atoms with Gasteiger partial charge in [0.15, 0.2) is 6.10 Å². The molecule has 0 radical (unpaired) electrons. The van der Waals surface area contributed by atoms with Gasteiger partial charge in [-0.25, -0.2) is 0 Å². The van der Waals surface area contributed by atoms with E-state index in [-0.39, 0.29) is 5.91 Å². The second-order valence-corrected chi connectivity index (χ2v) is 6.92. The molecular weight excluding hydrogens is 366 g/mol. The molecule has 0 aliphatic rings. The van der Waals surface area contributed by atoms with Crippen LogP contribution in [0.2, 0.25) is 0 Å². The van der Waals surface area contributed by atoms with Crippen LogP contribution in [0.4, 0.5) is 5.69 Å². The van der Waals surface area contributed by atoms with Gasteiger partial charge in [-0.15, -0.1) is 0 Å². The molecule has 5 heteroatoms. The maximum atomic E-state index is 12.7. The highest BCUT2D eigenvalue weighted by Crippen LogP contribution is 2.29. The zero-order valence-electron chi connectivity index (χ0n) is 17.9. The van der Waals surface area contributed by atoms with Gasteiger partial charge in [0, 0.05) is 12.3 Å². The van der Waals surface area contributed by atoms with E-state index >= 15 is 0 Å². The molecule has 2 atom stereocenters. The maximum Gasteiger partial charge on any atom is 0.265 e. The molecule has 1 amide bonds. The average molecular weight is 400 g/mol. The summed E-state index contributed by atoms with van der Waals surface area (Å²) in [5.41, 5.74) is 1.85. The zero-order valence-corrected chi connectivity index (χ0v) is 17.9. The fraction of sp³-hybridized carbons (Fsp3) is 0.458. The van der Waals surface area contributed by atoms with E-state index in [1.807, 2.05) is 56.3 Å². The Hall–Kier alpha value is -2.53. The average Bonchev–Trinajstić information content (AvgIpc) is 2.75. The highest BCUT2D eigenvalue weighted by molar-refractivity contribution is 5.94. The Morgan fingerprint density at radius 1 is 0.966 bits per heavy atom. The van der Waals surface area contributed by atoms with Crippen LogP contribution in [0.15, 0.2) is 48.5 Å². The highest BCUT2D eigenvalue weighted by atomic mass is 16.5. The van der Waals surface area contributed by atoms with Crippen LogP contribution in [-0.4, -0.2) is 31.8 Å². The van der Waals surface area contributed by atoms with Gasteiger partial charge in [0.2, 0.25) is 0 Å². The minimum absolute atomic E-state index is 0.156. The van der Waals surface area contributed by atoms with Gasteiger partial charge in [0.05, 0.1) is 6.61 Å². The summed E-state index contributed by atoms with van der Waals surface area (Å²) in [6, 6.07) is 15.3. The third kappa shape index (κ3) is 7.09. The SMILES string of the molecule is CCOCCOc1ccc(NC(=O)C(CC)Oc2ccccc2C(C)CC)cc1. The Morgan fingerprint density at radius 2 is 1.69 bits per heavy atom. The molecule has 0 saturated carbocycles. The molecule has 0 bridgehead atoms. The van der Waals surface area contributed by atoms with Gasteiger partial charge < -0.3 is 19.5 Å². The zero-order chi connectivity index (χ0) is 21.1. The van der Waals surface area contributed by atoms with Crippen molar-refractivity contribution in [2.75, 3.05) is 25.1 Å². The molecule has 0 saturated heterocycles. The van der Waals surface area contributed by atoms with Crippen LogP contribution in [0.3, 0.4) is 0 Å². The lowest BCUT2D eigenvalue weighted by atomic mass is 9.98. The predicted molar refractivity (Wildman–Crippen MR) is 117 cm³/mol. The Labute approximate surface area is 174 Å². The summed E-state index contributed by atoms with van der Waals surface area (Å²) in [5.74, 6) is 1.74. The van der Waals surface area contributed by atoms with Crippen LogP contribution < -0.4 is 14.8 Å². The topological polar surface area (TPSA) is 56.8 Å². The fourth-order valence-corrected chi connectivity index (χ4v) is 2.91. The Morgan fingerprint density at radius 3 is 2.34 bits per heavy atom. The van der Waals surface area contributed by atoms with E-state index in [0.717, 1.165) is 23.5 Å². The molecule has 2 rings (SSSR count). The lowest BCUT2D eigenvalue weighted by molar-refractivity contribution is -0.122. The van der Waals surface area contributed by atoms with Crippen molar-refractivity contribution in [3.63, 3.8) is 0 Å². The number of para-hydroxylation sites is 1. The number of anilines is 1. The third-order valence-corrected chi connectivity index (χ3v) is 4.82. The van der Waals surface area contributed by atoms with Gasteiger partial charge in [0.25, 0.3) is 5.91 Å². The quantitative estimate of drug-likeness (QED) is 0.485. The second kappa shape index (κ2) is 12.1. The number of hydrogen-bond donors (Lipinski definition) is 1. The smallest absolute Gasteiger partial charge is 0.265 e. The summed E-state index contributed by atoms with van der Waals surface area (Å²) in [5, 5.41) is 2.94. The van der Waals surface area contributed by atoms with E-state index < -0.39 is 6.10 Å². The lowest BCUT2D eigenvalue weighted by Gasteiger charge is -2.21. The molecule has 5 nitrogen and oxygen atoms in total. The van der Waals surface area contributed by atoms with Gasteiger partial charge >= 0.3 is 0 Å². The summed E-state index contributed by atoms with van der Waals surface area (Å²) in [6.45, 7) is 9.95. The molecule has 0 fully saturated rings. The van der Waals surface area contributed by atoms with Crippen molar-refractivity contribution in [1.29, 1.82) is 0 Å². The molecule has 29 heavy (non-hydrogen) atoms. The van der Waals surface area contributed by atoms with Crippen LogP contribution in [0.5, 0.6) is 11.5 Å². The van der Waals surface area contributed by atoms with Crippen molar-refractivity contribution in [3.05, 3.63) is 54.1 Å². The third-order valence-electron chi connectivity index (χ3n) is 4.82. The number of rotatable bonds is 12. The molecular formula is C24H33NO4. The molecule has 158 valence electrons. The first-order valence-electron chi connectivity index (χ1n) is 10.5. The molecule has 0 aliphatic heterocycles. The Bertz CT molecular complexity index is 745. The molecule has 0 spiro atoms. The van der Waals surface area contributed by atoms with Crippen LogP contribution in [0.25, 0.3) is 0 Å². The lowest BCUT2D eigenvalue weighted by Crippen LogP contribution is -2.32. The van der Waals surface area contributed by atoms with E-state index in [9.17, 15) is 4.79 Å². The van der Waals surface area contributed by atoms with E-state index in [1.165, 1.54) is 0 Å². The molecule has 1 N–H and O–H groups in total. The largest absolute Gasteiger partial charge is 0.491 e. The molecule has 0 heterocycles. The Kier molecular flexibility index (Phi) is 9.51. The monoisotopic (exact) mass is 399 g/mol. The minimum Gasteiger partial charge on any atom is -0.491 e. The van der Waals surface area contributed by atoms with Crippen molar-refractivity contribution in [2.45, 2.75) is 52.6 Å². The van der Waals surface area contributed by atoms with Crippen LogP contribution in [0.1, 0.15) is 52.0 Å². The molecule has 0 aromatic heterocycles. The van der Waals surface area contributed by atoms with Crippen LogP contribution in [0, 0.1) is 0 Å². The molecule has 0 aliphatic carbocycles. The minimum atomic E-state index is -0.553. The van der Waals surface area contributed by atoms with Crippen molar-refractivity contribution in [1.82, 2.24) is 0 Å². The van der Waals surface area contributed by atoms with Crippen LogP contribution >= 0.6 is 0 Å². The van der Waals surface area contributed by atoms with E-state index in [2.05, 4.69) is 25.2 Å². The van der Waals surface area contributed by atoms with Gasteiger partial charge in [-0.3, -0.25) is 4.79 Å². The molecule has 2 aromatic carbocycles. The molecule has 2 aromatic rings. The van der Waals surface area contributed by atoms with E-state index in [1.54, 1.807) is 0 Å². The van der Waals surface area contributed by atoms with Crippen molar-refractivity contribution in [3.8, 4) is 11.5 Å². The summed E-state index contributed by atoms with van der Waals surface area (Å²) in [6.07, 6.45) is 1.05. The number of ether oxygens (including phenoxy) is 3. The summed E-state index contributed by atoms with van der Waals surface area (Å²) >= 11 is 0. The Balaban J connectivity index is 1.96. The standard InChI is InChI=1S/C24H33NO4/c1-5-18(4)21-10-8-9-11-23(21)29-22(6-2)24(26)25-19-12-14-20(15-13-19)28-17-16-27-7-3/h8-15,18,22H,5-7,16-17H2,1-4H3,(H,25,26). The van der Waals surface area contributed by atoms with Gasteiger partial charge in [0.1, 0.15) is 18.1 Å². The number of hydrogen-bond acceptors (Lipinski definition) is 4. The normalized spacial score (nSPS) is 12.8. The van der Waals surface area contributed by atoms with Crippen molar-refractivity contribution >= 4 is 11.6 Å². The maximum absolute atomic E-state index is 12.7. The first kappa shape index (κ1) is 22.8. The number of benzene rings is 2. The first-order valence-corrected chi connectivity index (χ1v) is 10.5. The second-order valence-electron chi connectivity index (χ2n) is 6.92. The van der Waals surface area contributed by atoms with Gasteiger partial charge in [-0.2, -0.15) is 0 Å². The van der Waals surface area contributed by atoms with E-state index in [0.29, 0.717) is 37.8 Å². The van der Waals surface area contributed by atoms with Crippen molar-refractivity contribution < 1.29 is 19.0 Å². The number of carbonyl (C=O) groups excluding carboxylic acids is 1. The summed E-state index contributed by atoms with van der Waals surface area (Å²) in [4.78, 5) is 12.7. The summed E-state index contributed by atoms with van der Waals surface area (Å²) in [7, 11) is 0. The molecule has 2 unspecified atom stereocenters. The summed E-state index contributed by atoms with van der Waals surface area (Å²) < 4.78 is 17.0. The number of carbonyl (C=O) groups is 1. The fourth-order valence-electron chi connectivity index (χ4n) is 2.91. The van der Waals surface area contributed by atoms with Gasteiger partial charge in [-0.1, -0.05) is 39.0 Å². The van der Waals surface area contributed by atoms with Crippen LogP contribution in [-0.2, 0) is 9.53 Å². The van der Waals surface area contributed by atoms with E-state index in [4.69, 9.17) is 14.2 Å². The predicted octanol–water partition coefficient (Wildman–Crippen LogP) is 5.41.